The van der Waals surface area contributed by atoms with Crippen LogP contribution in [0.4, 0.5) is 0 Å². The van der Waals surface area contributed by atoms with E-state index in [1.54, 1.807) is 0 Å². The summed E-state index contributed by atoms with van der Waals surface area (Å²) in [6, 6.07) is 7.81. The van der Waals surface area contributed by atoms with Gasteiger partial charge in [0.1, 0.15) is 0 Å². The number of carbonyl (C=O) groups is 1. The lowest BCUT2D eigenvalue weighted by molar-refractivity contribution is -0.137. The molecule has 1 saturated heterocycles. The van der Waals surface area contributed by atoms with E-state index < -0.39 is 5.97 Å². The topological polar surface area (TPSA) is 55.8 Å². The van der Waals surface area contributed by atoms with Gasteiger partial charge in [0, 0.05) is 0 Å². The molecule has 148 valence electrons. The summed E-state index contributed by atoms with van der Waals surface area (Å²) in [5.41, 5.74) is 1.26. The molecule has 1 aromatic rings. The molecule has 0 spiro atoms. The molecule has 0 radical (unpaired) electrons. The van der Waals surface area contributed by atoms with Gasteiger partial charge in [-0.2, -0.15) is 0 Å². The largest absolute Gasteiger partial charge is 0.494 e. The highest BCUT2D eigenvalue weighted by Crippen LogP contribution is 2.36. The van der Waals surface area contributed by atoms with Gasteiger partial charge < -0.3 is 14.4 Å². The maximum Gasteiger partial charge on any atom is 0.494 e. The molecule has 1 fully saturated rings. The summed E-state index contributed by atoms with van der Waals surface area (Å²) in [5, 5.41) is 8.85. The molecule has 0 bridgehead atoms. The third-order valence-corrected chi connectivity index (χ3v) is 4.51. The van der Waals surface area contributed by atoms with Crippen LogP contribution >= 0.6 is 0 Å². The van der Waals surface area contributed by atoms with Gasteiger partial charge in [-0.25, -0.2) is 0 Å². The van der Waals surface area contributed by atoms with Gasteiger partial charge in [0.25, 0.3) is 0 Å². The number of benzene rings is 1. The van der Waals surface area contributed by atoms with Crippen molar-refractivity contribution in [2.75, 3.05) is 0 Å². The van der Waals surface area contributed by atoms with Crippen LogP contribution in [-0.2, 0) is 14.1 Å². The second-order valence-corrected chi connectivity index (χ2v) is 7.46. The molecule has 0 saturated carbocycles. The summed E-state index contributed by atoms with van der Waals surface area (Å²) in [6.45, 7) is 18.3. The van der Waals surface area contributed by atoms with E-state index >= 15 is 0 Å². The zero-order valence-electron chi connectivity index (χ0n) is 18.1. The predicted octanol–water partition coefficient (Wildman–Crippen LogP) is 5.01. The van der Waals surface area contributed by atoms with E-state index in [1.165, 1.54) is 6.42 Å². The molecule has 2 rings (SSSR count). The summed E-state index contributed by atoms with van der Waals surface area (Å²) in [5.74, 6) is -0.785. The minimum Gasteiger partial charge on any atom is -0.481 e. The first-order valence-electron chi connectivity index (χ1n) is 9.71. The highest BCUT2D eigenvalue weighted by Gasteiger charge is 2.51. The van der Waals surface area contributed by atoms with E-state index in [0.29, 0.717) is 0 Å². The van der Waals surface area contributed by atoms with Gasteiger partial charge >= 0.3 is 13.1 Å². The molecular weight excluding hydrogens is 327 g/mol. The minimum atomic E-state index is -0.780. The van der Waals surface area contributed by atoms with Gasteiger partial charge in [0.15, 0.2) is 0 Å². The first kappa shape index (κ1) is 24.7. The fourth-order valence-electron chi connectivity index (χ4n) is 2.34. The average molecular weight is 364 g/mol. The van der Waals surface area contributed by atoms with Crippen molar-refractivity contribution >= 4 is 18.6 Å². The molecule has 1 unspecified atom stereocenters. The third-order valence-electron chi connectivity index (χ3n) is 4.51. The summed E-state index contributed by atoms with van der Waals surface area (Å²) >= 11 is 0. The van der Waals surface area contributed by atoms with Gasteiger partial charge in [0.05, 0.1) is 17.6 Å². The zero-order chi connectivity index (χ0) is 20.5. The second-order valence-electron chi connectivity index (χ2n) is 7.46. The number of hydrogen-bond acceptors (Lipinski definition) is 3. The van der Waals surface area contributed by atoms with Crippen LogP contribution in [0.5, 0.6) is 0 Å². The maximum absolute atomic E-state index is 10.8. The molecule has 0 aromatic heterocycles. The smallest absolute Gasteiger partial charge is 0.481 e. The second kappa shape index (κ2) is 10.7. The van der Waals surface area contributed by atoms with E-state index in [-0.39, 0.29) is 30.7 Å². The molecule has 0 aliphatic carbocycles. The quantitative estimate of drug-likeness (QED) is 0.764. The van der Waals surface area contributed by atoms with Crippen LogP contribution in [0, 0.1) is 0 Å². The molecule has 0 amide bonds. The van der Waals surface area contributed by atoms with E-state index in [9.17, 15) is 4.79 Å². The molecule has 1 aromatic carbocycles. The van der Waals surface area contributed by atoms with Crippen molar-refractivity contribution in [2.24, 2.45) is 0 Å². The molecular formula is C21H37BO4. The zero-order valence-corrected chi connectivity index (χ0v) is 18.1. The van der Waals surface area contributed by atoms with Crippen LogP contribution in [0.2, 0.25) is 0 Å². The lowest BCUT2D eigenvalue weighted by atomic mass is 9.78. The standard InChI is InChI=1S/C16H23BO4.C3H8.C2H6/c1-11(10-14(18)19)12-6-8-13(9-7-12)17-20-15(2,3)16(4,5)21-17;1-3-2;1-2/h6-9,11H,10H2,1-5H3,(H,18,19);3H2,1-2H3;1-2H3. The van der Waals surface area contributed by atoms with Crippen molar-refractivity contribution in [1.82, 2.24) is 0 Å². The molecule has 26 heavy (non-hydrogen) atoms. The Kier molecular flexibility index (Phi) is 10.2. The SMILES string of the molecule is CC.CC(CC(=O)O)c1ccc(B2OC(C)(C)C(C)(C)O2)cc1.CCC. The molecule has 5 heteroatoms. The summed E-state index contributed by atoms with van der Waals surface area (Å²) in [7, 11) is -0.376. The average Bonchev–Trinajstić information content (AvgIpc) is 2.78. The number of rotatable bonds is 4. The van der Waals surface area contributed by atoms with E-state index in [1.807, 2.05) is 72.7 Å². The Morgan fingerprint density at radius 2 is 1.42 bits per heavy atom. The molecule has 1 heterocycles. The van der Waals surface area contributed by atoms with Crippen molar-refractivity contribution in [3.63, 3.8) is 0 Å². The molecule has 1 aliphatic heterocycles. The highest BCUT2D eigenvalue weighted by atomic mass is 16.7. The molecule has 4 nitrogen and oxygen atoms in total. The first-order chi connectivity index (χ1) is 12.0. The van der Waals surface area contributed by atoms with E-state index in [2.05, 4.69) is 13.8 Å². The normalized spacial score (nSPS) is 18.1. The summed E-state index contributed by atoms with van der Waals surface area (Å²) in [6.07, 6.45) is 1.38. The maximum atomic E-state index is 10.8. The monoisotopic (exact) mass is 364 g/mol. The van der Waals surface area contributed by atoms with Crippen molar-refractivity contribution in [3.8, 4) is 0 Å². The number of hydrogen-bond donors (Lipinski definition) is 1. The molecule has 1 aliphatic rings. The van der Waals surface area contributed by atoms with Crippen molar-refractivity contribution in [3.05, 3.63) is 29.8 Å². The van der Waals surface area contributed by atoms with Crippen LogP contribution in [0.3, 0.4) is 0 Å². The molecule has 1 N–H and O–H groups in total. The van der Waals surface area contributed by atoms with Crippen molar-refractivity contribution in [1.29, 1.82) is 0 Å². The van der Waals surface area contributed by atoms with E-state index in [0.717, 1.165) is 11.0 Å². The Morgan fingerprint density at radius 1 is 1.04 bits per heavy atom. The fourth-order valence-corrected chi connectivity index (χ4v) is 2.34. The van der Waals surface area contributed by atoms with Crippen LogP contribution in [0.1, 0.15) is 86.6 Å². The van der Waals surface area contributed by atoms with Crippen molar-refractivity contribution < 1.29 is 19.2 Å². The van der Waals surface area contributed by atoms with Gasteiger partial charge in [-0.05, 0) is 44.6 Å². The Morgan fingerprint density at radius 3 is 1.77 bits per heavy atom. The van der Waals surface area contributed by atoms with Crippen LogP contribution in [0.15, 0.2) is 24.3 Å². The predicted molar refractivity (Wildman–Crippen MR) is 110 cm³/mol. The Labute approximate surface area is 160 Å². The summed E-state index contributed by atoms with van der Waals surface area (Å²) in [4.78, 5) is 10.8. The van der Waals surface area contributed by atoms with Gasteiger partial charge in [-0.15, -0.1) is 0 Å². The number of carboxylic acid groups (broad SMARTS) is 1. The van der Waals surface area contributed by atoms with Crippen LogP contribution in [-0.4, -0.2) is 29.4 Å². The third kappa shape index (κ3) is 6.77. The van der Waals surface area contributed by atoms with Crippen LogP contribution in [0.25, 0.3) is 0 Å². The van der Waals surface area contributed by atoms with E-state index in [4.69, 9.17) is 14.4 Å². The lowest BCUT2D eigenvalue weighted by Crippen LogP contribution is -2.41. The van der Waals surface area contributed by atoms with Crippen LogP contribution < -0.4 is 5.46 Å². The Bertz CT molecular complexity index is 521. The Hall–Kier alpha value is -1.33. The van der Waals surface area contributed by atoms with Gasteiger partial charge in [-0.3, -0.25) is 4.79 Å². The number of carboxylic acids is 1. The summed E-state index contributed by atoms with van der Waals surface area (Å²) < 4.78 is 12.0. The Balaban J connectivity index is 0.00000113. The number of aliphatic carboxylic acids is 1. The van der Waals surface area contributed by atoms with Gasteiger partial charge in [0.2, 0.25) is 0 Å². The van der Waals surface area contributed by atoms with Gasteiger partial charge in [-0.1, -0.05) is 65.3 Å². The highest BCUT2D eigenvalue weighted by molar-refractivity contribution is 6.62. The first-order valence-corrected chi connectivity index (χ1v) is 9.71. The molecule has 1 atom stereocenters. The minimum absolute atomic E-state index is 0.00477. The fraction of sp³-hybridized carbons (Fsp3) is 0.667. The van der Waals surface area contributed by atoms with Crippen molar-refractivity contribution in [2.45, 2.75) is 92.3 Å². The lowest BCUT2D eigenvalue weighted by Gasteiger charge is -2.32.